The molecule has 2 atom stereocenters. The SMILES string of the molecule is C=CCN(CC=C)C1CS(=O)(=O)CC1OC(=O)COc1ccc(Cl)cc1Cl. The van der Waals surface area contributed by atoms with Gasteiger partial charge in [-0.2, -0.15) is 0 Å². The predicted molar refractivity (Wildman–Crippen MR) is 106 cm³/mol. The van der Waals surface area contributed by atoms with Crippen LogP contribution in [0.5, 0.6) is 5.75 Å². The second-order valence-electron chi connectivity index (χ2n) is 6.07. The van der Waals surface area contributed by atoms with E-state index in [-0.39, 0.29) is 22.3 Å². The first-order valence-electron chi connectivity index (χ1n) is 8.19. The van der Waals surface area contributed by atoms with E-state index in [1.807, 2.05) is 4.90 Å². The van der Waals surface area contributed by atoms with Crippen LogP contribution in [0.15, 0.2) is 43.5 Å². The van der Waals surface area contributed by atoms with Crippen molar-refractivity contribution in [2.45, 2.75) is 12.1 Å². The van der Waals surface area contributed by atoms with Crippen LogP contribution >= 0.6 is 23.2 Å². The zero-order valence-electron chi connectivity index (χ0n) is 14.6. The van der Waals surface area contributed by atoms with Crippen molar-refractivity contribution >= 4 is 39.0 Å². The molecule has 1 heterocycles. The molecular formula is C18H21Cl2NO5S. The highest BCUT2D eigenvalue weighted by molar-refractivity contribution is 7.91. The zero-order valence-corrected chi connectivity index (χ0v) is 17.0. The van der Waals surface area contributed by atoms with Gasteiger partial charge in [-0.15, -0.1) is 13.2 Å². The van der Waals surface area contributed by atoms with Gasteiger partial charge in [0.25, 0.3) is 0 Å². The van der Waals surface area contributed by atoms with Gasteiger partial charge in [-0.3, -0.25) is 4.90 Å². The van der Waals surface area contributed by atoms with Crippen LogP contribution in [0, 0.1) is 0 Å². The highest BCUT2D eigenvalue weighted by atomic mass is 35.5. The third-order valence-electron chi connectivity index (χ3n) is 3.99. The summed E-state index contributed by atoms with van der Waals surface area (Å²) < 4.78 is 34.9. The number of hydrogen-bond donors (Lipinski definition) is 0. The lowest BCUT2D eigenvalue weighted by atomic mass is 10.1. The van der Waals surface area contributed by atoms with Crippen LogP contribution in [0.4, 0.5) is 0 Å². The lowest BCUT2D eigenvalue weighted by Gasteiger charge is -2.29. The van der Waals surface area contributed by atoms with E-state index in [2.05, 4.69) is 13.2 Å². The van der Waals surface area contributed by atoms with Gasteiger partial charge < -0.3 is 9.47 Å². The third-order valence-corrected chi connectivity index (χ3v) is 6.21. The number of nitrogens with zero attached hydrogens (tertiary/aromatic N) is 1. The van der Waals surface area contributed by atoms with E-state index >= 15 is 0 Å². The number of carbonyl (C=O) groups is 1. The quantitative estimate of drug-likeness (QED) is 0.440. The molecule has 6 nitrogen and oxygen atoms in total. The van der Waals surface area contributed by atoms with Crippen molar-refractivity contribution in [3.8, 4) is 5.75 Å². The molecule has 148 valence electrons. The van der Waals surface area contributed by atoms with E-state index < -0.39 is 34.6 Å². The average Bonchev–Trinajstić information content (AvgIpc) is 2.88. The Hall–Kier alpha value is -1.54. The van der Waals surface area contributed by atoms with E-state index in [1.165, 1.54) is 12.1 Å². The normalized spacial score (nSPS) is 21.0. The Bertz CT molecular complexity index is 802. The lowest BCUT2D eigenvalue weighted by molar-refractivity contribution is -0.152. The molecule has 1 fully saturated rings. The minimum atomic E-state index is -3.31. The van der Waals surface area contributed by atoms with Crippen LogP contribution in [-0.2, 0) is 19.4 Å². The summed E-state index contributed by atoms with van der Waals surface area (Å²) in [4.78, 5) is 14.0. The summed E-state index contributed by atoms with van der Waals surface area (Å²) in [5, 5.41) is 0.707. The smallest absolute Gasteiger partial charge is 0.344 e. The Labute approximate surface area is 169 Å². The van der Waals surface area contributed by atoms with Gasteiger partial charge in [0, 0.05) is 18.1 Å². The first kappa shape index (κ1) is 21.8. The zero-order chi connectivity index (χ0) is 20.0. The molecule has 1 aromatic carbocycles. The Balaban J connectivity index is 2.02. The molecule has 1 aromatic rings. The van der Waals surface area contributed by atoms with Crippen molar-refractivity contribution in [1.29, 1.82) is 0 Å². The van der Waals surface area contributed by atoms with Crippen molar-refractivity contribution in [2.24, 2.45) is 0 Å². The summed E-state index contributed by atoms with van der Waals surface area (Å²) in [6.45, 7) is 7.87. The second kappa shape index (κ2) is 9.59. The van der Waals surface area contributed by atoms with Crippen LogP contribution in [-0.4, -0.2) is 62.6 Å². The van der Waals surface area contributed by atoms with Crippen molar-refractivity contribution in [3.63, 3.8) is 0 Å². The molecule has 1 saturated heterocycles. The molecule has 1 aliphatic heterocycles. The van der Waals surface area contributed by atoms with Gasteiger partial charge in [-0.05, 0) is 18.2 Å². The molecule has 9 heteroatoms. The number of halogens is 2. The first-order chi connectivity index (χ1) is 12.8. The molecule has 0 N–H and O–H groups in total. The number of sulfone groups is 1. The van der Waals surface area contributed by atoms with Gasteiger partial charge in [0.05, 0.1) is 22.6 Å². The molecule has 0 bridgehead atoms. The second-order valence-corrected chi connectivity index (χ2v) is 9.06. The topological polar surface area (TPSA) is 72.9 Å². The molecule has 0 spiro atoms. The molecule has 27 heavy (non-hydrogen) atoms. The maximum atomic E-state index is 12.2. The van der Waals surface area contributed by atoms with Crippen LogP contribution in [0.25, 0.3) is 0 Å². The highest BCUT2D eigenvalue weighted by Gasteiger charge is 2.42. The maximum absolute atomic E-state index is 12.2. The van der Waals surface area contributed by atoms with E-state index in [1.54, 1.807) is 18.2 Å². The number of carbonyl (C=O) groups excluding carboxylic acids is 1. The third kappa shape index (κ3) is 6.24. The number of benzene rings is 1. The summed E-state index contributed by atoms with van der Waals surface area (Å²) in [5.41, 5.74) is 0. The van der Waals surface area contributed by atoms with Gasteiger partial charge in [0.2, 0.25) is 0 Å². The molecular weight excluding hydrogens is 413 g/mol. The molecule has 0 saturated carbocycles. The fraction of sp³-hybridized carbons (Fsp3) is 0.389. The van der Waals surface area contributed by atoms with Gasteiger partial charge >= 0.3 is 5.97 Å². The van der Waals surface area contributed by atoms with Crippen LogP contribution in [0.2, 0.25) is 10.0 Å². The van der Waals surface area contributed by atoms with Gasteiger partial charge in [-0.25, -0.2) is 13.2 Å². The minimum absolute atomic E-state index is 0.0868. The Morgan fingerprint density at radius 3 is 2.48 bits per heavy atom. The molecule has 0 aromatic heterocycles. The van der Waals surface area contributed by atoms with Crippen molar-refractivity contribution in [2.75, 3.05) is 31.2 Å². The summed E-state index contributed by atoms with van der Waals surface area (Å²) in [7, 11) is -3.31. The summed E-state index contributed by atoms with van der Waals surface area (Å²) >= 11 is 11.8. The summed E-state index contributed by atoms with van der Waals surface area (Å²) in [6, 6.07) is 4.15. The van der Waals surface area contributed by atoms with E-state index in [9.17, 15) is 13.2 Å². The number of hydrogen-bond acceptors (Lipinski definition) is 6. The minimum Gasteiger partial charge on any atom is -0.480 e. The molecule has 2 rings (SSSR count). The first-order valence-corrected chi connectivity index (χ1v) is 10.8. The van der Waals surface area contributed by atoms with Gasteiger partial charge in [0.1, 0.15) is 11.9 Å². The molecule has 0 radical (unpaired) electrons. The van der Waals surface area contributed by atoms with Crippen LogP contribution < -0.4 is 4.74 Å². The van der Waals surface area contributed by atoms with Crippen molar-refractivity contribution < 1.29 is 22.7 Å². The summed E-state index contributed by atoms with van der Waals surface area (Å²) in [6.07, 6.45) is 2.55. The van der Waals surface area contributed by atoms with E-state index in [0.29, 0.717) is 18.1 Å². The monoisotopic (exact) mass is 433 g/mol. The number of rotatable bonds is 9. The molecule has 1 aliphatic rings. The number of esters is 1. The predicted octanol–water partition coefficient (Wildman–Crippen LogP) is 2.76. The Kier molecular flexibility index (Phi) is 7.73. The van der Waals surface area contributed by atoms with Crippen LogP contribution in [0.1, 0.15) is 0 Å². The van der Waals surface area contributed by atoms with E-state index in [4.69, 9.17) is 32.7 Å². The largest absolute Gasteiger partial charge is 0.480 e. The molecule has 0 amide bonds. The maximum Gasteiger partial charge on any atom is 0.344 e. The fourth-order valence-electron chi connectivity index (χ4n) is 2.86. The summed E-state index contributed by atoms with van der Waals surface area (Å²) in [5.74, 6) is -0.703. The Morgan fingerprint density at radius 1 is 1.22 bits per heavy atom. The Morgan fingerprint density at radius 2 is 1.89 bits per heavy atom. The van der Waals surface area contributed by atoms with E-state index in [0.717, 1.165) is 0 Å². The standard InChI is InChI=1S/C18H21Cl2NO5S/c1-3-7-21(8-4-2)15-11-27(23,24)12-17(15)26-18(22)10-25-16-6-5-13(19)9-14(16)20/h3-6,9,15,17H,1-2,7-8,10-12H2. The van der Waals surface area contributed by atoms with Gasteiger partial charge in [0.15, 0.2) is 16.4 Å². The van der Waals surface area contributed by atoms with Gasteiger partial charge in [-0.1, -0.05) is 35.4 Å². The number of ether oxygens (including phenoxy) is 2. The fourth-order valence-corrected chi connectivity index (χ4v) is 5.19. The average molecular weight is 434 g/mol. The van der Waals surface area contributed by atoms with Crippen molar-refractivity contribution in [1.82, 2.24) is 4.90 Å². The lowest BCUT2D eigenvalue weighted by Crippen LogP contribution is -2.45. The van der Waals surface area contributed by atoms with Crippen LogP contribution in [0.3, 0.4) is 0 Å². The molecule has 2 unspecified atom stereocenters. The highest BCUT2D eigenvalue weighted by Crippen LogP contribution is 2.27. The molecule has 0 aliphatic carbocycles. The van der Waals surface area contributed by atoms with Crippen molar-refractivity contribution in [3.05, 3.63) is 53.6 Å².